The molecule has 1 aliphatic heterocycles. The minimum atomic E-state index is -0.401. The number of aliphatic hydroxyl groups is 1. The Morgan fingerprint density at radius 1 is 1.72 bits per heavy atom. The highest BCUT2D eigenvalue weighted by Crippen LogP contribution is 2.22. The first-order valence-electron chi connectivity index (χ1n) is 5.88. The van der Waals surface area contributed by atoms with Gasteiger partial charge in [-0.25, -0.2) is 4.68 Å². The van der Waals surface area contributed by atoms with Crippen LogP contribution in [0.2, 0.25) is 5.02 Å². The van der Waals surface area contributed by atoms with Gasteiger partial charge in [0.1, 0.15) is 5.02 Å². The van der Waals surface area contributed by atoms with Crippen LogP contribution in [0.4, 0.5) is 5.69 Å². The number of nitrogens with zero attached hydrogens (tertiary/aromatic N) is 2. The Morgan fingerprint density at radius 2 is 2.50 bits per heavy atom. The van der Waals surface area contributed by atoms with Crippen molar-refractivity contribution in [2.24, 2.45) is 0 Å². The van der Waals surface area contributed by atoms with E-state index in [1.54, 1.807) is 0 Å². The summed E-state index contributed by atoms with van der Waals surface area (Å²) in [5.74, 6) is 0. The van der Waals surface area contributed by atoms with Crippen molar-refractivity contribution in [3.8, 4) is 0 Å². The number of aliphatic hydroxyl groups excluding tert-OH is 1. The summed E-state index contributed by atoms with van der Waals surface area (Å²) < 4.78 is 6.57. The lowest BCUT2D eigenvalue weighted by molar-refractivity contribution is 0.121. The highest BCUT2D eigenvalue weighted by Gasteiger charge is 2.25. The predicted octanol–water partition coefficient (Wildman–Crippen LogP) is 0.478. The van der Waals surface area contributed by atoms with Crippen LogP contribution >= 0.6 is 11.6 Å². The molecule has 2 N–H and O–H groups in total. The van der Waals surface area contributed by atoms with Gasteiger partial charge in [-0.05, 0) is 13.3 Å². The van der Waals surface area contributed by atoms with E-state index in [-0.39, 0.29) is 30.3 Å². The third kappa shape index (κ3) is 2.66. The topological polar surface area (TPSA) is 76.4 Å². The van der Waals surface area contributed by atoms with Crippen LogP contribution in [0, 0.1) is 0 Å². The molecular weight excluding hydrogens is 258 g/mol. The van der Waals surface area contributed by atoms with E-state index in [4.69, 9.17) is 21.4 Å². The van der Waals surface area contributed by atoms with E-state index in [2.05, 4.69) is 10.4 Å². The Bertz CT molecular complexity index is 477. The lowest BCUT2D eigenvalue weighted by Gasteiger charge is -2.18. The number of anilines is 1. The van der Waals surface area contributed by atoms with Crippen molar-refractivity contribution < 1.29 is 9.84 Å². The van der Waals surface area contributed by atoms with Crippen LogP contribution in [0.1, 0.15) is 13.3 Å². The minimum Gasteiger partial charge on any atom is -0.394 e. The van der Waals surface area contributed by atoms with Gasteiger partial charge < -0.3 is 15.2 Å². The molecule has 2 unspecified atom stereocenters. The molecule has 18 heavy (non-hydrogen) atoms. The fraction of sp³-hybridized carbons (Fsp3) is 0.636. The summed E-state index contributed by atoms with van der Waals surface area (Å²) in [7, 11) is 0. The summed E-state index contributed by atoms with van der Waals surface area (Å²) in [6.45, 7) is 2.66. The molecule has 0 bridgehead atoms. The molecule has 0 aromatic carbocycles. The number of ether oxygens (including phenoxy) is 1. The molecule has 2 heterocycles. The van der Waals surface area contributed by atoms with Crippen molar-refractivity contribution in [2.45, 2.75) is 32.0 Å². The Balaban J connectivity index is 2.19. The molecule has 2 atom stereocenters. The van der Waals surface area contributed by atoms with Crippen molar-refractivity contribution in [2.75, 3.05) is 18.5 Å². The number of halogens is 1. The van der Waals surface area contributed by atoms with E-state index in [0.29, 0.717) is 12.3 Å². The van der Waals surface area contributed by atoms with Crippen LogP contribution in [-0.4, -0.2) is 40.2 Å². The Labute approximate surface area is 110 Å². The molecule has 1 fully saturated rings. The first-order chi connectivity index (χ1) is 8.63. The van der Waals surface area contributed by atoms with Gasteiger partial charge in [0.05, 0.1) is 37.2 Å². The fourth-order valence-electron chi connectivity index (χ4n) is 1.94. The van der Waals surface area contributed by atoms with Gasteiger partial charge in [-0.1, -0.05) is 11.6 Å². The predicted molar refractivity (Wildman–Crippen MR) is 68.0 cm³/mol. The SMILES string of the molecule is CC1OCCC1Nc1cnn(CCO)c(=O)c1Cl. The van der Waals surface area contributed by atoms with E-state index in [0.717, 1.165) is 11.1 Å². The van der Waals surface area contributed by atoms with Crippen LogP contribution in [0.25, 0.3) is 0 Å². The maximum absolute atomic E-state index is 11.8. The van der Waals surface area contributed by atoms with E-state index < -0.39 is 5.56 Å². The van der Waals surface area contributed by atoms with Crippen LogP contribution in [-0.2, 0) is 11.3 Å². The maximum atomic E-state index is 11.8. The third-order valence-corrected chi connectivity index (χ3v) is 3.38. The van der Waals surface area contributed by atoms with Gasteiger partial charge in [-0.15, -0.1) is 0 Å². The van der Waals surface area contributed by atoms with Gasteiger partial charge in [-0.3, -0.25) is 4.79 Å². The molecule has 1 saturated heterocycles. The highest BCUT2D eigenvalue weighted by molar-refractivity contribution is 6.32. The zero-order chi connectivity index (χ0) is 13.1. The molecule has 7 heteroatoms. The number of rotatable bonds is 4. The Hall–Kier alpha value is -1.11. The molecule has 100 valence electrons. The smallest absolute Gasteiger partial charge is 0.287 e. The minimum absolute atomic E-state index is 0.0842. The molecule has 0 saturated carbocycles. The van der Waals surface area contributed by atoms with Crippen molar-refractivity contribution in [3.05, 3.63) is 21.6 Å². The second-order valence-electron chi connectivity index (χ2n) is 4.24. The normalized spacial score (nSPS) is 23.3. The average Bonchev–Trinajstić information content (AvgIpc) is 2.75. The average molecular weight is 274 g/mol. The first-order valence-corrected chi connectivity index (χ1v) is 6.26. The number of nitrogens with one attached hydrogen (secondary N) is 1. The van der Waals surface area contributed by atoms with Crippen LogP contribution in [0.3, 0.4) is 0 Å². The second-order valence-corrected chi connectivity index (χ2v) is 4.62. The molecule has 1 aliphatic rings. The van der Waals surface area contributed by atoms with Gasteiger partial charge in [0, 0.05) is 6.61 Å². The van der Waals surface area contributed by atoms with Crippen molar-refractivity contribution in [3.63, 3.8) is 0 Å². The highest BCUT2D eigenvalue weighted by atomic mass is 35.5. The van der Waals surface area contributed by atoms with E-state index in [1.165, 1.54) is 6.20 Å². The monoisotopic (exact) mass is 273 g/mol. The number of hydrogen-bond acceptors (Lipinski definition) is 5. The molecule has 0 spiro atoms. The van der Waals surface area contributed by atoms with Gasteiger partial charge in [0.25, 0.3) is 5.56 Å². The Kier molecular flexibility index (Phi) is 4.21. The summed E-state index contributed by atoms with van der Waals surface area (Å²) in [6, 6.07) is 0.136. The van der Waals surface area contributed by atoms with Crippen molar-refractivity contribution in [1.29, 1.82) is 0 Å². The molecule has 1 aromatic heterocycles. The quantitative estimate of drug-likeness (QED) is 0.834. The summed E-state index contributed by atoms with van der Waals surface area (Å²) >= 11 is 6.00. The Morgan fingerprint density at radius 3 is 3.11 bits per heavy atom. The zero-order valence-corrected chi connectivity index (χ0v) is 10.9. The standard InChI is InChI=1S/C11H16ClN3O3/c1-7-8(2-5-18-7)14-9-6-13-15(3-4-16)11(17)10(9)12/h6-8,14,16H,2-5H2,1H3. The largest absolute Gasteiger partial charge is 0.394 e. The summed E-state index contributed by atoms with van der Waals surface area (Å²) in [4.78, 5) is 11.8. The maximum Gasteiger partial charge on any atom is 0.287 e. The summed E-state index contributed by atoms with van der Waals surface area (Å²) in [6.07, 6.45) is 2.46. The molecule has 2 rings (SSSR count). The van der Waals surface area contributed by atoms with Crippen molar-refractivity contribution in [1.82, 2.24) is 9.78 Å². The van der Waals surface area contributed by atoms with Gasteiger partial charge in [-0.2, -0.15) is 5.10 Å². The van der Waals surface area contributed by atoms with Crippen LogP contribution < -0.4 is 10.9 Å². The molecule has 6 nitrogen and oxygen atoms in total. The molecule has 0 aliphatic carbocycles. The van der Waals surface area contributed by atoms with E-state index in [9.17, 15) is 4.79 Å². The van der Waals surface area contributed by atoms with E-state index >= 15 is 0 Å². The van der Waals surface area contributed by atoms with Gasteiger partial charge >= 0.3 is 0 Å². The zero-order valence-electron chi connectivity index (χ0n) is 10.1. The fourth-order valence-corrected chi connectivity index (χ4v) is 2.14. The van der Waals surface area contributed by atoms with E-state index in [1.807, 2.05) is 6.92 Å². The molecule has 0 amide bonds. The van der Waals surface area contributed by atoms with Crippen LogP contribution in [0.15, 0.2) is 11.0 Å². The number of aromatic nitrogens is 2. The molecule has 1 aromatic rings. The second kappa shape index (κ2) is 5.69. The lowest BCUT2D eigenvalue weighted by atomic mass is 10.1. The third-order valence-electron chi connectivity index (χ3n) is 3.01. The number of hydrogen-bond donors (Lipinski definition) is 2. The van der Waals surface area contributed by atoms with Crippen LogP contribution in [0.5, 0.6) is 0 Å². The van der Waals surface area contributed by atoms with Gasteiger partial charge in [0.2, 0.25) is 0 Å². The summed E-state index contributed by atoms with van der Waals surface area (Å²) in [5, 5.41) is 16.0. The van der Waals surface area contributed by atoms with Gasteiger partial charge in [0.15, 0.2) is 0 Å². The first kappa shape index (κ1) is 13.3. The molecule has 0 radical (unpaired) electrons. The van der Waals surface area contributed by atoms with Crippen molar-refractivity contribution >= 4 is 17.3 Å². The summed E-state index contributed by atoms with van der Waals surface area (Å²) in [5.41, 5.74) is 0.112. The lowest BCUT2D eigenvalue weighted by Crippen LogP contribution is -2.30. The molecular formula is C11H16ClN3O3.